The zero-order chi connectivity index (χ0) is 20.7. The molecule has 28 heavy (non-hydrogen) atoms. The molecular formula is C19H20N6O3. The van der Waals surface area contributed by atoms with E-state index in [2.05, 4.69) is 20.4 Å². The van der Waals surface area contributed by atoms with E-state index < -0.39 is 4.92 Å². The van der Waals surface area contributed by atoms with Crippen LogP contribution in [0.3, 0.4) is 0 Å². The molecular weight excluding hydrogens is 360 g/mol. The van der Waals surface area contributed by atoms with Crippen LogP contribution in [0.25, 0.3) is 0 Å². The molecule has 0 unspecified atom stereocenters. The molecule has 0 atom stereocenters. The van der Waals surface area contributed by atoms with Gasteiger partial charge in [-0.3, -0.25) is 14.9 Å². The first-order chi connectivity index (χ1) is 13.4. The molecule has 0 saturated carbocycles. The Hall–Kier alpha value is -3.80. The number of anilines is 2. The van der Waals surface area contributed by atoms with Gasteiger partial charge < -0.3 is 10.2 Å². The van der Waals surface area contributed by atoms with Gasteiger partial charge in [0, 0.05) is 32.1 Å². The van der Waals surface area contributed by atoms with Crippen molar-refractivity contribution in [2.45, 2.75) is 20.8 Å². The lowest BCUT2D eigenvalue weighted by Gasteiger charge is -2.24. The molecule has 2 rings (SSSR count). The minimum atomic E-state index is -0.579. The van der Waals surface area contributed by atoms with E-state index in [9.17, 15) is 20.2 Å². The molecule has 0 aliphatic rings. The lowest BCUT2D eigenvalue weighted by molar-refractivity contribution is -0.384. The number of nitro benzene ring substituents is 1. The molecule has 0 aliphatic heterocycles. The third kappa shape index (κ3) is 4.67. The van der Waals surface area contributed by atoms with E-state index in [0.717, 1.165) is 24.8 Å². The Morgan fingerprint density at radius 1 is 1.21 bits per heavy atom. The summed E-state index contributed by atoms with van der Waals surface area (Å²) in [5.74, 6) is -0.246. The molecule has 9 heteroatoms. The standard InChI is InChI=1S/C19H20N6O3/c1-4-24(5-2)18-8-6-7-17(19(18)21-13(3)26)23-22-16-10-9-15(25(27)28)11-14(16)12-20/h6-11H,4-5H2,1-3H3,(H,21,26). The van der Waals surface area contributed by atoms with Gasteiger partial charge in [0.2, 0.25) is 5.91 Å². The number of para-hydroxylation sites is 1. The molecule has 0 aliphatic carbocycles. The van der Waals surface area contributed by atoms with Gasteiger partial charge in [-0.15, -0.1) is 10.2 Å². The monoisotopic (exact) mass is 380 g/mol. The minimum Gasteiger partial charge on any atom is -0.370 e. The van der Waals surface area contributed by atoms with E-state index in [0.29, 0.717) is 11.4 Å². The normalized spacial score (nSPS) is 10.5. The van der Waals surface area contributed by atoms with Crippen LogP contribution in [0.5, 0.6) is 0 Å². The Morgan fingerprint density at radius 2 is 1.89 bits per heavy atom. The van der Waals surface area contributed by atoms with Gasteiger partial charge in [-0.25, -0.2) is 0 Å². The first kappa shape index (κ1) is 20.5. The number of non-ortho nitro benzene ring substituents is 1. The Balaban J connectivity index is 2.51. The predicted octanol–water partition coefficient (Wildman–Crippen LogP) is 4.69. The van der Waals surface area contributed by atoms with Crippen LogP contribution in [0.2, 0.25) is 0 Å². The fraction of sp³-hybridized carbons (Fsp3) is 0.263. The summed E-state index contributed by atoms with van der Waals surface area (Å²) in [6, 6.07) is 11.0. The van der Waals surface area contributed by atoms with Crippen LogP contribution in [-0.2, 0) is 4.79 Å². The summed E-state index contributed by atoms with van der Waals surface area (Å²) in [6.07, 6.45) is 0. The largest absolute Gasteiger partial charge is 0.370 e. The van der Waals surface area contributed by atoms with Gasteiger partial charge in [-0.05, 0) is 32.0 Å². The van der Waals surface area contributed by atoms with Crippen molar-refractivity contribution in [2.24, 2.45) is 10.2 Å². The Kier molecular flexibility index (Phi) is 6.76. The van der Waals surface area contributed by atoms with Crippen molar-refractivity contribution in [2.75, 3.05) is 23.3 Å². The first-order valence-electron chi connectivity index (χ1n) is 8.67. The number of nitro groups is 1. The molecule has 2 aromatic rings. The molecule has 0 saturated heterocycles. The smallest absolute Gasteiger partial charge is 0.270 e. The van der Waals surface area contributed by atoms with Crippen molar-refractivity contribution in [3.63, 3.8) is 0 Å². The fourth-order valence-corrected chi connectivity index (χ4v) is 2.67. The van der Waals surface area contributed by atoms with Crippen molar-refractivity contribution < 1.29 is 9.72 Å². The molecule has 2 aromatic carbocycles. The van der Waals surface area contributed by atoms with E-state index in [-0.39, 0.29) is 22.8 Å². The fourth-order valence-electron chi connectivity index (χ4n) is 2.67. The van der Waals surface area contributed by atoms with Crippen LogP contribution < -0.4 is 10.2 Å². The predicted molar refractivity (Wildman–Crippen MR) is 106 cm³/mol. The van der Waals surface area contributed by atoms with Crippen LogP contribution in [0.1, 0.15) is 26.3 Å². The van der Waals surface area contributed by atoms with Crippen LogP contribution in [-0.4, -0.2) is 23.9 Å². The molecule has 0 fully saturated rings. The second-order valence-corrected chi connectivity index (χ2v) is 5.80. The number of nitrogens with zero attached hydrogens (tertiary/aromatic N) is 5. The molecule has 1 amide bonds. The lowest BCUT2D eigenvalue weighted by atomic mass is 10.2. The molecule has 1 N–H and O–H groups in total. The minimum absolute atomic E-state index is 0.0407. The molecule has 0 radical (unpaired) electrons. The number of carbonyl (C=O) groups is 1. The van der Waals surface area contributed by atoms with Gasteiger partial charge in [0.05, 0.1) is 21.9 Å². The van der Waals surface area contributed by atoms with Crippen molar-refractivity contribution >= 4 is 34.3 Å². The van der Waals surface area contributed by atoms with E-state index >= 15 is 0 Å². The summed E-state index contributed by atoms with van der Waals surface area (Å²) in [4.78, 5) is 24.0. The molecule has 9 nitrogen and oxygen atoms in total. The molecule has 144 valence electrons. The number of azo groups is 1. The topological polar surface area (TPSA) is 124 Å². The third-order valence-electron chi connectivity index (χ3n) is 4.00. The summed E-state index contributed by atoms with van der Waals surface area (Å²) in [6.45, 7) is 6.90. The maximum Gasteiger partial charge on any atom is 0.270 e. The summed E-state index contributed by atoms with van der Waals surface area (Å²) >= 11 is 0. The number of rotatable bonds is 7. The number of carbonyl (C=O) groups excluding carboxylic acids is 1. The average molecular weight is 380 g/mol. The van der Waals surface area contributed by atoms with Crippen molar-refractivity contribution in [3.8, 4) is 6.07 Å². The van der Waals surface area contributed by atoms with Gasteiger partial charge in [0.1, 0.15) is 17.4 Å². The lowest BCUT2D eigenvalue weighted by Crippen LogP contribution is -2.23. The highest BCUT2D eigenvalue weighted by Gasteiger charge is 2.15. The Morgan fingerprint density at radius 3 is 2.46 bits per heavy atom. The second kappa shape index (κ2) is 9.23. The molecule has 0 heterocycles. The zero-order valence-electron chi connectivity index (χ0n) is 15.8. The molecule has 0 aromatic heterocycles. The zero-order valence-corrected chi connectivity index (χ0v) is 15.8. The van der Waals surface area contributed by atoms with Gasteiger partial charge in [-0.1, -0.05) is 6.07 Å². The number of nitrogens with one attached hydrogen (secondary N) is 1. The summed E-state index contributed by atoms with van der Waals surface area (Å²) in [7, 11) is 0. The number of benzene rings is 2. The van der Waals surface area contributed by atoms with Crippen LogP contribution in [0.4, 0.5) is 28.4 Å². The molecule has 0 spiro atoms. The summed E-state index contributed by atoms with van der Waals surface area (Å²) < 4.78 is 0. The highest BCUT2D eigenvalue weighted by Crippen LogP contribution is 2.37. The Labute approximate surface area is 162 Å². The maximum absolute atomic E-state index is 11.7. The SMILES string of the molecule is CCN(CC)c1cccc(N=Nc2ccc([N+](=O)[O-])cc2C#N)c1NC(C)=O. The maximum atomic E-state index is 11.7. The van der Waals surface area contributed by atoms with Crippen molar-refractivity contribution in [1.29, 1.82) is 5.26 Å². The van der Waals surface area contributed by atoms with E-state index in [1.165, 1.54) is 19.1 Å². The van der Waals surface area contributed by atoms with Crippen molar-refractivity contribution in [3.05, 3.63) is 52.1 Å². The third-order valence-corrected chi connectivity index (χ3v) is 4.00. The van der Waals surface area contributed by atoms with E-state index in [4.69, 9.17) is 0 Å². The quantitative estimate of drug-likeness (QED) is 0.424. The first-order valence-corrected chi connectivity index (χ1v) is 8.67. The highest BCUT2D eigenvalue weighted by atomic mass is 16.6. The van der Waals surface area contributed by atoms with Crippen LogP contribution in [0.15, 0.2) is 46.6 Å². The van der Waals surface area contributed by atoms with Crippen LogP contribution >= 0.6 is 0 Å². The van der Waals surface area contributed by atoms with Crippen molar-refractivity contribution in [1.82, 2.24) is 0 Å². The van der Waals surface area contributed by atoms with E-state index in [1.54, 1.807) is 12.1 Å². The second-order valence-electron chi connectivity index (χ2n) is 5.80. The summed E-state index contributed by atoms with van der Waals surface area (Å²) in [5, 5.41) is 31.2. The number of amides is 1. The van der Waals surface area contributed by atoms with E-state index in [1.807, 2.05) is 26.0 Å². The molecule has 0 bridgehead atoms. The number of hydrogen-bond donors (Lipinski definition) is 1. The van der Waals surface area contributed by atoms with Gasteiger partial charge >= 0.3 is 0 Å². The average Bonchev–Trinajstić information content (AvgIpc) is 2.68. The number of nitriles is 1. The summed E-state index contributed by atoms with van der Waals surface area (Å²) in [5.41, 5.74) is 1.79. The highest BCUT2D eigenvalue weighted by molar-refractivity contribution is 5.97. The number of hydrogen-bond acceptors (Lipinski definition) is 7. The Bertz CT molecular complexity index is 961. The van der Waals surface area contributed by atoms with Gasteiger partial charge in [0.15, 0.2) is 0 Å². The van der Waals surface area contributed by atoms with Gasteiger partial charge in [0.25, 0.3) is 5.69 Å². The van der Waals surface area contributed by atoms with Gasteiger partial charge in [-0.2, -0.15) is 5.26 Å². The van der Waals surface area contributed by atoms with Crippen LogP contribution in [0, 0.1) is 21.4 Å².